The third kappa shape index (κ3) is 3.25. The highest BCUT2D eigenvalue weighted by atomic mass is 16.5. The molecule has 0 aliphatic heterocycles. The molecule has 1 heterocycles. The highest BCUT2D eigenvalue weighted by Crippen LogP contribution is 2.18. The number of hydrogen-bond acceptors (Lipinski definition) is 5. The highest BCUT2D eigenvalue weighted by molar-refractivity contribution is 6.07. The molecular weight excluding hydrogens is 286 g/mol. The molecule has 22 heavy (non-hydrogen) atoms. The molecule has 0 saturated heterocycles. The molecule has 7 heteroatoms. The second kappa shape index (κ2) is 6.75. The summed E-state index contributed by atoms with van der Waals surface area (Å²) in [6.07, 6.45) is 1.40. The van der Waals surface area contributed by atoms with Crippen LogP contribution in [0.25, 0.3) is 0 Å². The van der Waals surface area contributed by atoms with E-state index in [1.54, 1.807) is 31.3 Å². The minimum absolute atomic E-state index is 0.182. The van der Waals surface area contributed by atoms with Crippen LogP contribution < -0.4 is 10.1 Å². The zero-order valence-electron chi connectivity index (χ0n) is 12.6. The fourth-order valence-electron chi connectivity index (χ4n) is 1.93. The van der Waals surface area contributed by atoms with Crippen molar-refractivity contribution in [3.8, 4) is 5.75 Å². The molecule has 2 aromatic rings. The number of amides is 1. The normalized spacial score (nSPS) is 10.1. The van der Waals surface area contributed by atoms with Crippen molar-refractivity contribution in [3.05, 3.63) is 41.7 Å². The van der Waals surface area contributed by atoms with E-state index in [9.17, 15) is 9.59 Å². The lowest BCUT2D eigenvalue weighted by molar-refractivity contribution is 0.0589. The monoisotopic (exact) mass is 303 g/mol. The molecule has 0 saturated carbocycles. The Bertz CT molecular complexity index is 677. The number of anilines is 1. The first-order valence-electron chi connectivity index (χ1n) is 6.71. The first kappa shape index (κ1) is 15.6. The average Bonchev–Trinajstić information content (AvgIpc) is 2.88. The largest absolute Gasteiger partial charge is 0.494 e. The number of nitrogens with zero attached hydrogens (tertiary/aromatic N) is 2. The smallest absolute Gasteiger partial charge is 0.358 e. The zero-order chi connectivity index (χ0) is 16.1. The van der Waals surface area contributed by atoms with Crippen molar-refractivity contribution in [3.63, 3.8) is 0 Å². The lowest BCUT2D eigenvalue weighted by Crippen LogP contribution is -2.16. The number of esters is 1. The van der Waals surface area contributed by atoms with Crippen LogP contribution in [0.15, 0.2) is 30.5 Å². The molecular formula is C15H17N3O4. The number of carbonyl (C=O) groups is 2. The van der Waals surface area contributed by atoms with Crippen molar-refractivity contribution in [1.82, 2.24) is 9.78 Å². The summed E-state index contributed by atoms with van der Waals surface area (Å²) >= 11 is 0. The highest BCUT2D eigenvalue weighted by Gasteiger charge is 2.19. The van der Waals surface area contributed by atoms with Crippen molar-refractivity contribution in [2.45, 2.75) is 6.92 Å². The summed E-state index contributed by atoms with van der Waals surface area (Å²) in [7, 11) is 2.87. The summed E-state index contributed by atoms with van der Waals surface area (Å²) in [5.41, 5.74) is 0.929. The summed E-state index contributed by atoms with van der Waals surface area (Å²) in [5.74, 6) is -0.223. The topological polar surface area (TPSA) is 82.5 Å². The molecule has 0 radical (unpaired) electrons. The van der Waals surface area contributed by atoms with Gasteiger partial charge in [0, 0.05) is 12.6 Å². The number of methoxy groups -OCH3 is 1. The van der Waals surface area contributed by atoms with E-state index < -0.39 is 5.97 Å². The molecule has 7 nitrogen and oxygen atoms in total. The molecule has 0 bridgehead atoms. The SMILES string of the molecule is CCOc1ccc(C(=O)Nc2cnn(C)c2C(=O)OC)cc1. The van der Waals surface area contributed by atoms with E-state index in [1.807, 2.05) is 6.92 Å². The molecule has 0 aliphatic rings. The van der Waals surface area contributed by atoms with Crippen molar-refractivity contribution in [1.29, 1.82) is 0 Å². The maximum atomic E-state index is 12.2. The third-order valence-corrected chi connectivity index (χ3v) is 2.99. The number of ether oxygens (including phenoxy) is 2. The van der Waals surface area contributed by atoms with E-state index in [4.69, 9.17) is 4.74 Å². The average molecular weight is 303 g/mol. The summed E-state index contributed by atoms with van der Waals surface area (Å²) in [5, 5.41) is 6.60. The molecule has 1 aromatic heterocycles. The predicted molar refractivity (Wildman–Crippen MR) is 80.1 cm³/mol. The quantitative estimate of drug-likeness (QED) is 0.852. The second-order valence-electron chi connectivity index (χ2n) is 4.43. The van der Waals surface area contributed by atoms with Crippen LogP contribution >= 0.6 is 0 Å². The number of rotatable bonds is 5. The van der Waals surface area contributed by atoms with Crippen molar-refractivity contribution >= 4 is 17.6 Å². The van der Waals surface area contributed by atoms with Crippen LogP contribution in [0.2, 0.25) is 0 Å². The number of nitrogens with one attached hydrogen (secondary N) is 1. The standard InChI is InChI=1S/C15H17N3O4/c1-4-22-11-7-5-10(6-8-11)14(19)17-12-9-16-18(2)13(12)15(20)21-3/h5-9H,4H2,1-3H3,(H,17,19). The van der Waals surface area contributed by atoms with Gasteiger partial charge in [0.15, 0.2) is 5.69 Å². The van der Waals surface area contributed by atoms with Gasteiger partial charge in [0.1, 0.15) is 5.75 Å². The van der Waals surface area contributed by atoms with E-state index in [-0.39, 0.29) is 11.6 Å². The summed E-state index contributed by atoms with van der Waals surface area (Å²) in [6, 6.07) is 6.72. The van der Waals surface area contributed by atoms with Gasteiger partial charge in [-0.25, -0.2) is 4.79 Å². The number of aryl methyl sites for hydroxylation is 1. The van der Waals surface area contributed by atoms with Gasteiger partial charge in [0.25, 0.3) is 5.91 Å². The van der Waals surface area contributed by atoms with Gasteiger partial charge in [-0.15, -0.1) is 0 Å². The lowest BCUT2D eigenvalue weighted by atomic mass is 10.2. The van der Waals surface area contributed by atoms with Gasteiger partial charge in [-0.3, -0.25) is 9.48 Å². The van der Waals surface area contributed by atoms with Crippen molar-refractivity contribution in [2.24, 2.45) is 7.05 Å². The van der Waals surface area contributed by atoms with E-state index in [1.165, 1.54) is 18.0 Å². The number of aromatic nitrogens is 2. The number of benzene rings is 1. The maximum Gasteiger partial charge on any atom is 0.358 e. The fourth-order valence-corrected chi connectivity index (χ4v) is 1.93. The van der Waals surface area contributed by atoms with Crippen LogP contribution in [0.1, 0.15) is 27.8 Å². The molecule has 1 N–H and O–H groups in total. The molecule has 2 rings (SSSR count). The predicted octanol–water partition coefficient (Wildman–Crippen LogP) is 1.86. The Labute approximate surface area is 127 Å². The molecule has 1 amide bonds. The van der Waals surface area contributed by atoms with E-state index in [0.29, 0.717) is 23.6 Å². The minimum atomic E-state index is -0.568. The molecule has 0 atom stereocenters. The first-order chi connectivity index (χ1) is 10.6. The van der Waals surface area contributed by atoms with Crippen molar-refractivity contribution < 1.29 is 19.1 Å². The molecule has 0 fully saturated rings. The Kier molecular flexibility index (Phi) is 4.77. The van der Waals surface area contributed by atoms with Crippen LogP contribution in [0.3, 0.4) is 0 Å². The molecule has 116 valence electrons. The van der Waals surface area contributed by atoms with Crippen LogP contribution in [0, 0.1) is 0 Å². The van der Waals surface area contributed by atoms with Gasteiger partial charge < -0.3 is 14.8 Å². The van der Waals surface area contributed by atoms with Crippen molar-refractivity contribution in [2.75, 3.05) is 19.0 Å². The van der Waals surface area contributed by atoms with Gasteiger partial charge >= 0.3 is 5.97 Å². The number of hydrogen-bond donors (Lipinski definition) is 1. The Morgan fingerprint density at radius 3 is 2.55 bits per heavy atom. The van der Waals surface area contributed by atoms with Gasteiger partial charge in [0.2, 0.25) is 0 Å². The summed E-state index contributed by atoms with van der Waals surface area (Å²) < 4.78 is 11.3. The first-order valence-corrected chi connectivity index (χ1v) is 6.71. The van der Waals surface area contributed by atoms with Gasteiger partial charge in [-0.2, -0.15) is 5.10 Å². The fraction of sp³-hybridized carbons (Fsp3) is 0.267. The van der Waals surface area contributed by atoms with E-state index >= 15 is 0 Å². The Hall–Kier alpha value is -2.83. The molecule has 0 spiro atoms. The second-order valence-corrected chi connectivity index (χ2v) is 4.43. The zero-order valence-corrected chi connectivity index (χ0v) is 12.6. The Balaban J connectivity index is 2.17. The Morgan fingerprint density at radius 2 is 1.95 bits per heavy atom. The Morgan fingerprint density at radius 1 is 1.27 bits per heavy atom. The summed E-state index contributed by atoms with van der Waals surface area (Å²) in [4.78, 5) is 23.9. The van der Waals surface area contributed by atoms with Crippen LogP contribution in [0.4, 0.5) is 5.69 Å². The number of carbonyl (C=O) groups excluding carboxylic acids is 2. The van der Waals surface area contributed by atoms with E-state index in [2.05, 4.69) is 15.2 Å². The van der Waals surface area contributed by atoms with E-state index in [0.717, 1.165) is 0 Å². The van der Waals surface area contributed by atoms with Gasteiger partial charge in [-0.05, 0) is 31.2 Å². The lowest BCUT2D eigenvalue weighted by Gasteiger charge is -2.07. The minimum Gasteiger partial charge on any atom is -0.494 e. The van der Waals surface area contributed by atoms with Crippen LogP contribution in [-0.4, -0.2) is 35.4 Å². The van der Waals surface area contributed by atoms with Crippen LogP contribution in [-0.2, 0) is 11.8 Å². The van der Waals surface area contributed by atoms with Gasteiger partial charge in [-0.1, -0.05) is 0 Å². The van der Waals surface area contributed by atoms with Crippen LogP contribution in [0.5, 0.6) is 5.75 Å². The van der Waals surface area contributed by atoms with Gasteiger partial charge in [0.05, 0.1) is 25.6 Å². The third-order valence-electron chi connectivity index (χ3n) is 2.99. The maximum absolute atomic E-state index is 12.2. The summed E-state index contributed by atoms with van der Waals surface area (Å²) in [6.45, 7) is 2.45. The molecule has 1 aromatic carbocycles. The molecule has 0 aliphatic carbocycles. The molecule has 0 unspecified atom stereocenters.